The van der Waals surface area contributed by atoms with Crippen LogP contribution in [0.25, 0.3) is 0 Å². The van der Waals surface area contributed by atoms with E-state index in [0.717, 1.165) is 69.0 Å². The lowest BCUT2D eigenvalue weighted by Gasteiger charge is -2.36. The van der Waals surface area contributed by atoms with Crippen molar-refractivity contribution in [1.82, 2.24) is 20.0 Å². The zero-order chi connectivity index (χ0) is 19.5. The second-order valence-corrected chi connectivity index (χ2v) is 8.96. The molecule has 3 aliphatic rings. The Kier molecular flexibility index (Phi) is 8.21. The normalized spacial score (nSPS) is 25.0. The van der Waals surface area contributed by atoms with Crippen LogP contribution < -0.4 is 5.32 Å². The third-order valence-electron chi connectivity index (χ3n) is 6.10. The fourth-order valence-corrected chi connectivity index (χ4v) is 4.54. The summed E-state index contributed by atoms with van der Waals surface area (Å²) in [6.07, 6.45) is 3.47. The number of carbonyl (C=O) groups is 1. The molecule has 1 aromatic carbocycles. The lowest BCUT2D eigenvalue weighted by atomic mass is 10.1. The summed E-state index contributed by atoms with van der Waals surface area (Å²) >= 11 is 3.50. The Labute approximate surface area is 199 Å². The maximum Gasteiger partial charge on any atom is 0.236 e. The highest BCUT2D eigenvalue weighted by Gasteiger charge is 2.39. The van der Waals surface area contributed by atoms with Crippen LogP contribution in [0.5, 0.6) is 0 Å². The average molecular weight is 576 g/mol. The predicted molar refractivity (Wildman–Crippen MR) is 131 cm³/mol. The molecule has 160 valence electrons. The highest BCUT2D eigenvalue weighted by Crippen LogP contribution is 2.41. The molecule has 0 bridgehead atoms. The van der Waals surface area contributed by atoms with Crippen LogP contribution in [0.2, 0.25) is 0 Å². The van der Waals surface area contributed by atoms with Crippen molar-refractivity contribution in [2.75, 3.05) is 52.9 Å². The number of likely N-dealkylation sites (tertiary alicyclic amines) is 1. The molecule has 3 fully saturated rings. The van der Waals surface area contributed by atoms with Crippen LogP contribution in [-0.4, -0.2) is 85.5 Å². The first-order chi connectivity index (χ1) is 13.6. The van der Waals surface area contributed by atoms with E-state index in [-0.39, 0.29) is 24.0 Å². The minimum atomic E-state index is 0. The smallest absolute Gasteiger partial charge is 0.236 e. The largest absolute Gasteiger partial charge is 0.353 e. The van der Waals surface area contributed by atoms with E-state index in [1.54, 1.807) is 0 Å². The molecule has 1 aliphatic carbocycles. The number of piperazine rings is 1. The van der Waals surface area contributed by atoms with E-state index in [4.69, 9.17) is 0 Å². The van der Waals surface area contributed by atoms with Crippen LogP contribution in [0.4, 0.5) is 0 Å². The average Bonchev–Trinajstić information content (AvgIpc) is 3.25. The Morgan fingerprint density at radius 1 is 1.07 bits per heavy atom. The molecule has 29 heavy (non-hydrogen) atoms. The van der Waals surface area contributed by atoms with Crippen LogP contribution in [0.1, 0.15) is 30.7 Å². The van der Waals surface area contributed by atoms with Gasteiger partial charge in [-0.05, 0) is 37.0 Å². The Bertz CT molecular complexity index is 714. The molecule has 6 nitrogen and oxygen atoms in total. The van der Waals surface area contributed by atoms with E-state index in [2.05, 4.69) is 60.3 Å². The van der Waals surface area contributed by atoms with Crippen molar-refractivity contribution in [3.63, 3.8) is 0 Å². The number of carbonyl (C=O) groups excluding carboxylic acids is 1. The molecule has 1 saturated carbocycles. The predicted octanol–water partition coefficient (Wildman–Crippen LogP) is 2.74. The van der Waals surface area contributed by atoms with Crippen molar-refractivity contribution >= 4 is 51.8 Å². The maximum absolute atomic E-state index is 12.4. The molecular weight excluding hydrogens is 545 g/mol. The standard InChI is InChI=1S/C21H30BrN5O.HI/c1-23-21(24-19-14-18(19)16-4-6-17(22)7-5-16)27-12-10-25(11-13-27)15-20(28)26-8-2-3-9-26;/h4-7,18-19H,2-3,8-15H2,1H3,(H,23,24);1H. The van der Waals surface area contributed by atoms with Gasteiger partial charge in [0, 0.05) is 62.7 Å². The number of benzene rings is 1. The Balaban J connectivity index is 0.00000240. The number of guanidine groups is 1. The molecule has 2 saturated heterocycles. The summed E-state index contributed by atoms with van der Waals surface area (Å²) in [6.45, 7) is 6.12. The monoisotopic (exact) mass is 575 g/mol. The molecule has 2 unspecified atom stereocenters. The summed E-state index contributed by atoms with van der Waals surface area (Å²) in [7, 11) is 1.86. The molecule has 2 aliphatic heterocycles. The summed E-state index contributed by atoms with van der Waals surface area (Å²) in [5.41, 5.74) is 1.39. The van der Waals surface area contributed by atoms with Crippen molar-refractivity contribution in [3.8, 4) is 0 Å². The van der Waals surface area contributed by atoms with Gasteiger partial charge >= 0.3 is 0 Å². The van der Waals surface area contributed by atoms with Gasteiger partial charge in [-0.2, -0.15) is 0 Å². The molecule has 0 radical (unpaired) electrons. The second-order valence-electron chi connectivity index (χ2n) is 8.04. The van der Waals surface area contributed by atoms with Gasteiger partial charge in [0.05, 0.1) is 6.54 Å². The van der Waals surface area contributed by atoms with Crippen LogP contribution in [0, 0.1) is 0 Å². The quantitative estimate of drug-likeness (QED) is 0.341. The van der Waals surface area contributed by atoms with Crippen LogP contribution in [0.15, 0.2) is 33.7 Å². The number of rotatable bonds is 4. The van der Waals surface area contributed by atoms with Crippen molar-refractivity contribution in [2.45, 2.75) is 31.2 Å². The van der Waals surface area contributed by atoms with Crippen molar-refractivity contribution < 1.29 is 4.79 Å². The van der Waals surface area contributed by atoms with E-state index in [0.29, 0.717) is 24.4 Å². The number of aliphatic imine (C=N–C) groups is 1. The summed E-state index contributed by atoms with van der Waals surface area (Å²) in [6, 6.07) is 9.10. The van der Waals surface area contributed by atoms with Crippen molar-refractivity contribution in [3.05, 3.63) is 34.3 Å². The number of nitrogens with zero attached hydrogens (tertiary/aromatic N) is 4. The zero-order valence-corrected chi connectivity index (χ0v) is 20.9. The Hall–Kier alpha value is -0.870. The van der Waals surface area contributed by atoms with Gasteiger partial charge in [0.2, 0.25) is 5.91 Å². The molecule has 8 heteroatoms. The van der Waals surface area contributed by atoms with Crippen LogP contribution in [0.3, 0.4) is 0 Å². The number of hydrogen-bond donors (Lipinski definition) is 1. The lowest BCUT2D eigenvalue weighted by Crippen LogP contribution is -2.54. The fourth-order valence-electron chi connectivity index (χ4n) is 4.27. The van der Waals surface area contributed by atoms with E-state index >= 15 is 0 Å². The molecule has 1 amide bonds. The van der Waals surface area contributed by atoms with Crippen molar-refractivity contribution in [2.24, 2.45) is 4.99 Å². The van der Waals surface area contributed by atoms with Crippen molar-refractivity contribution in [1.29, 1.82) is 0 Å². The zero-order valence-electron chi connectivity index (χ0n) is 17.0. The molecular formula is C21H31BrIN5O. The molecule has 0 spiro atoms. The van der Waals surface area contributed by atoms with Gasteiger partial charge in [-0.1, -0.05) is 28.1 Å². The van der Waals surface area contributed by atoms with Gasteiger partial charge in [-0.15, -0.1) is 24.0 Å². The van der Waals surface area contributed by atoms with Gasteiger partial charge < -0.3 is 15.1 Å². The molecule has 2 heterocycles. The number of nitrogens with one attached hydrogen (secondary N) is 1. The maximum atomic E-state index is 12.4. The first-order valence-corrected chi connectivity index (χ1v) is 11.2. The van der Waals surface area contributed by atoms with Gasteiger partial charge in [-0.3, -0.25) is 14.7 Å². The molecule has 1 N–H and O–H groups in total. The van der Waals surface area contributed by atoms with Crippen LogP contribution in [-0.2, 0) is 4.79 Å². The fraction of sp³-hybridized carbons (Fsp3) is 0.619. The Morgan fingerprint density at radius 3 is 2.34 bits per heavy atom. The van der Waals surface area contributed by atoms with Gasteiger partial charge in [0.15, 0.2) is 5.96 Å². The first-order valence-electron chi connectivity index (χ1n) is 10.4. The summed E-state index contributed by atoms with van der Waals surface area (Å²) in [5.74, 6) is 1.86. The first kappa shape index (κ1) is 22.8. The summed E-state index contributed by atoms with van der Waals surface area (Å²) in [5, 5.41) is 3.64. The number of amides is 1. The summed E-state index contributed by atoms with van der Waals surface area (Å²) in [4.78, 5) is 23.5. The number of hydrogen-bond acceptors (Lipinski definition) is 3. The minimum absolute atomic E-state index is 0. The molecule has 4 rings (SSSR count). The topological polar surface area (TPSA) is 51.2 Å². The van der Waals surface area contributed by atoms with Gasteiger partial charge in [0.25, 0.3) is 0 Å². The molecule has 1 aromatic rings. The van der Waals surface area contributed by atoms with Gasteiger partial charge in [-0.25, -0.2) is 0 Å². The van der Waals surface area contributed by atoms with E-state index < -0.39 is 0 Å². The van der Waals surface area contributed by atoms with Crippen LogP contribution >= 0.6 is 39.9 Å². The lowest BCUT2D eigenvalue weighted by molar-refractivity contribution is -0.131. The molecule has 2 atom stereocenters. The number of halogens is 2. The van der Waals surface area contributed by atoms with E-state index in [1.807, 2.05) is 11.9 Å². The molecule has 0 aromatic heterocycles. The minimum Gasteiger partial charge on any atom is -0.353 e. The Morgan fingerprint density at radius 2 is 1.72 bits per heavy atom. The van der Waals surface area contributed by atoms with Gasteiger partial charge in [0.1, 0.15) is 0 Å². The highest BCUT2D eigenvalue weighted by molar-refractivity contribution is 14.0. The van der Waals surface area contributed by atoms with E-state index in [9.17, 15) is 4.79 Å². The summed E-state index contributed by atoms with van der Waals surface area (Å²) < 4.78 is 1.12. The second kappa shape index (κ2) is 10.4. The highest BCUT2D eigenvalue weighted by atomic mass is 127. The third kappa shape index (κ3) is 5.85. The third-order valence-corrected chi connectivity index (χ3v) is 6.63. The SMILES string of the molecule is CN=C(NC1CC1c1ccc(Br)cc1)N1CCN(CC(=O)N2CCCC2)CC1.I. The van der Waals surface area contributed by atoms with E-state index in [1.165, 1.54) is 5.56 Å².